The fraction of sp³-hybridized carbons (Fsp3) is 0.417. The SMILES string of the molecule is CC.CC(NCc1ccccc1)C(=O)O. The minimum atomic E-state index is -0.823. The predicted molar refractivity (Wildman–Crippen MR) is 61.7 cm³/mol. The number of rotatable bonds is 4. The molecule has 3 heteroatoms. The second-order valence-corrected chi connectivity index (χ2v) is 2.93. The number of nitrogens with one attached hydrogen (secondary N) is 1. The second-order valence-electron chi connectivity index (χ2n) is 2.93. The molecule has 0 aliphatic heterocycles. The minimum absolute atomic E-state index is 0.500. The molecule has 0 aromatic heterocycles. The number of carboxylic acids is 1. The maximum Gasteiger partial charge on any atom is 0.320 e. The molecule has 15 heavy (non-hydrogen) atoms. The van der Waals surface area contributed by atoms with E-state index in [9.17, 15) is 4.79 Å². The van der Waals surface area contributed by atoms with Gasteiger partial charge in [0.2, 0.25) is 0 Å². The van der Waals surface area contributed by atoms with Crippen LogP contribution in [0.4, 0.5) is 0 Å². The van der Waals surface area contributed by atoms with Crippen molar-refractivity contribution in [2.75, 3.05) is 0 Å². The lowest BCUT2D eigenvalue weighted by atomic mass is 10.2. The summed E-state index contributed by atoms with van der Waals surface area (Å²) in [5.74, 6) is -0.823. The van der Waals surface area contributed by atoms with E-state index in [2.05, 4.69) is 5.32 Å². The highest BCUT2D eigenvalue weighted by Crippen LogP contribution is 1.97. The Kier molecular flexibility index (Phi) is 7.28. The van der Waals surface area contributed by atoms with Gasteiger partial charge in [-0.15, -0.1) is 0 Å². The molecule has 0 radical (unpaired) electrons. The molecule has 3 nitrogen and oxygen atoms in total. The van der Waals surface area contributed by atoms with Crippen LogP contribution in [0.25, 0.3) is 0 Å². The number of hydrogen-bond donors (Lipinski definition) is 2. The summed E-state index contributed by atoms with van der Waals surface area (Å²) in [4.78, 5) is 10.5. The third-order valence-corrected chi connectivity index (χ3v) is 1.83. The van der Waals surface area contributed by atoms with Crippen molar-refractivity contribution in [1.82, 2.24) is 5.32 Å². The van der Waals surface area contributed by atoms with Crippen LogP contribution in [0.15, 0.2) is 30.3 Å². The van der Waals surface area contributed by atoms with Crippen molar-refractivity contribution < 1.29 is 9.90 Å². The fourth-order valence-corrected chi connectivity index (χ4v) is 0.954. The van der Waals surface area contributed by atoms with Crippen LogP contribution in [0.3, 0.4) is 0 Å². The first-order valence-corrected chi connectivity index (χ1v) is 5.20. The maximum absolute atomic E-state index is 10.5. The molecule has 0 amide bonds. The quantitative estimate of drug-likeness (QED) is 0.799. The number of benzene rings is 1. The minimum Gasteiger partial charge on any atom is -0.480 e. The topological polar surface area (TPSA) is 49.3 Å². The van der Waals surface area contributed by atoms with Crippen molar-refractivity contribution in [2.45, 2.75) is 33.4 Å². The van der Waals surface area contributed by atoms with E-state index in [-0.39, 0.29) is 0 Å². The predicted octanol–water partition coefficient (Wildman–Crippen LogP) is 2.28. The van der Waals surface area contributed by atoms with Crippen LogP contribution < -0.4 is 5.32 Å². The van der Waals surface area contributed by atoms with E-state index >= 15 is 0 Å². The van der Waals surface area contributed by atoms with Crippen molar-refractivity contribution >= 4 is 5.97 Å². The molecule has 1 aromatic carbocycles. The van der Waals surface area contributed by atoms with E-state index in [0.717, 1.165) is 5.56 Å². The second kappa shape index (κ2) is 8.00. The van der Waals surface area contributed by atoms with Gasteiger partial charge in [0.25, 0.3) is 0 Å². The Morgan fingerprint density at radius 3 is 2.33 bits per heavy atom. The lowest BCUT2D eigenvalue weighted by Crippen LogP contribution is -2.33. The van der Waals surface area contributed by atoms with Gasteiger partial charge >= 0.3 is 5.97 Å². The van der Waals surface area contributed by atoms with Crippen LogP contribution >= 0.6 is 0 Å². The third-order valence-electron chi connectivity index (χ3n) is 1.83. The highest BCUT2D eigenvalue weighted by Gasteiger charge is 2.08. The maximum atomic E-state index is 10.5. The van der Waals surface area contributed by atoms with Crippen molar-refractivity contribution in [1.29, 1.82) is 0 Å². The lowest BCUT2D eigenvalue weighted by Gasteiger charge is -2.08. The van der Waals surface area contributed by atoms with Gasteiger partial charge in [-0.2, -0.15) is 0 Å². The van der Waals surface area contributed by atoms with E-state index in [1.807, 2.05) is 44.2 Å². The van der Waals surface area contributed by atoms with Gasteiger partial charge < -0.3 is 10.4 Å². The Balaban J connectivity index is 0.000000921. The van der Waals surface area contributed by atoms with Crippen molar-refractivity contribution in [3.05, 3.63) is 35.9 Å². The zero-order chi connectivity index (χ0) is 11.7. The van der Waals surface area contributed by atoms with E-state index in [1.165, 1.54) is 0 Å². The molecule has 0 saturated heterocycles. The van der Waals surface area contributed by atoms with Crippen LogP contribution in [0.2, 0.25) is 0 Å². The van der Waals surface area contributed by atoms with Gasteiger partial charge in [-0.05, 0) is 12.5 Å². The molecule has 0 bridgehead atoms. The Labute approximate surface area is 91.1 Å². The van der Waals surface area contributed by atoms with Crippen LogP contribution in [0, 0.1) is 0 Å². The molecule has 1 rings (SSSR count). The number of hydrogen-bond acceptors (Lipinski definition) is 2. The van der Waals surface area contributed by atoms with Crippen molar-refractivity contribution in [3.63, 3.8) is 0 Å². The summed E-state index contributed by atoms with van der Waals surface area (Å²) in [6, 6.07) is 9.22. The molecule has 0 fully saturated rings. The molecule has 0 spiro atoms. The molecule has 0 heterocycles. The fourth-order valence-electron chi connectivity index (χ4n) is 0.954. The summed E-state index contributed by atoms with van der Waals surface area (Å²) in [6.45, 7) is 6.22. The highest BCUT2D eigenvalue weighted by atomic mass is 16.4. The first-order valence-electron chi connectivity index (χ1n) is 5.20. The van der Waals surface area contributed by atoms with Gasteiger partial charge in [0, 0.05) is 6.54 Å². The summed E-state index contributed by atoms with van der Waals surface area (Å²) in [6.07, 6.45) is 0. The smallest absolute Gasteiger partial charge is 0.320 e. The third kappa shape index (κ3) is 5.86. The molecule has 1 atom stereocenters. The average molecular weight is 209 g/mol. The van der Waals surface area contributed by atoms with E-state index in [0.29, 0.717) is 6.54 Å². The Hall–Kier alpha value is -1.35. The Bertz CT molecular complexity index is 272. The molecule has 0 aliphatic rings. The van der Waals surface area contributed by atoms with Crippen molar-refractivity contribution in [3.8, 4) is 0 Å². The molecule has 2 N–H and O–H groups in total. The molecule has 0 aliphatic carbocycles. The highest BCUT2D eigenvalue weighted by molar-refractivity contribution is 5.72. The van der Waals surface area contributed by atoms with Crippen LogP contribution in [0.1, 0.15) is 26.3 Å². The summed E-state index contributed by atoms with van der Waals surface area (Å²) in [7, 11) is 0. The average Bonchev–Trinajstić information content (AvgIpc) is 2.30. The molecule has 1 unspecified atom stereocenters. The first-order chi connectivity index (χ1) is 7.20. The lowest BCUT2D eigenvalue weighted by molar-refractivity contribution is -0.139. The van der Waals surface area contributed by atoms with E-state index in [1.54, 1.807) is 6.92 Å². The summed E-state index contributed by atoms with van der Waals surface area (Å²) < 4.78 is 0. The van der Waals surface area contributed by atoms with Gasteiger partial charge in [-0.3, -0.25) is 4.79 Å². The molecule has 1 aromatic rings. The van der Waals surface area contributed by atoms with Gasteiger partial charge in [-0.1, -0.05) is 44.2 Å². The molecular formula is C12H19NO2. The monoisotopic (exact) mass is 209 g/mol. The van der Waals surface area contributed by atoms with Gasteiger partial charge in [0.15, 0.2) is 0 Å². The van der Waals surface area contributed by atoms with Crippen LogP contribution in [-0.2, 0) is 11.3 Å². The van der Waals surface area contributed by atoms with E-state index in [4.69, 9.17) is 5.11 Å². The van der Waals surface area contributed by atoms with Gasteiger partial charge in [0.1, 0.15) is 6.04 Å². The number of carboxylic acid groups (broad SMARTS) is 1. The van der Waals surface area contributed by atoms with Gasteiger partial charge in [-0.25, -0.2) is 0 Å². The van der Waals surface area contributed by atoms with Crippen molar-refractivity contribution in [2.24, 2.45) is 0 Å². The molecule has 0 saturated carbocycles. The Morgan fingerprint density at radius 1 is 1.33 bits per heavy atom. The normalized spacial score (nSPS) is 11.1. The zero-order valence-corrected chi connectivity index (χ0v) is 9.53. The summed E-state index contributed by atoms with van der Waals surface area (Å²) in [5.41, 5.74) is 1.09. The first kappa shape index (κ1) is 13.7. The number of aliphatic carboxylic acids is 1. The zero-order valence-electron chi connectivity index (χ0n) is 9.53. The van der Waals surface area contributed by atoms with Crippen LogP contribution in [-0.4, -0.2) is 17.1 Å². The molecule has 84 valence electrons. The number of carbonyl (C=O) groups is 1. The standard InChI is InChI=1S/C10H13NO2.C2H6/c1-8(10(12)13)11-7-9-5-3-2-4-6-9;1-2/h2-6,8,11H,7H2,1H3,(H,12,13);1-2H3. The van der Waals surface area contributed by atoms with E-state index < -0.39 is 12.0 Å². The summed E-state index contributed by atoms with van der Waals surface area (Å²) >= 11 is 0. The molecular weight excluding hydrogens is 190 g/mol. The van der Waals surface area contributed by atoms with Gasteiger partial charge in [0.05, 0.1) is 0 Å². The summed E-state index contributed by atoms with van der Waals surface area (Å²) in [5, 5.41) is 11.5. The largest absolute Gasteiger partial charge is 0.480 e. The Morgan fingerprint density at radius 2 is 1.87 bits per heavy atom. The van der Waals surface area contributed by atoms with Crippen LogP contribution in [0.5, 0.6) is 0 Å².